The fourth-order valence-electron chi connectivity index (χ4n) is 0.892. The lowest BCUT2D eigenvalue weighted by atomic mass is 10.1. The number of ether oxygens (including phenoxy) is 1. The van der Waals surface area contributed by atoms with Gasteiger partial charge in [0.1, 0.15) is 5.71 Å². The molecule has 0 aromatic heterocycles. The number of rotatable bonds is 1. The molecule has 0 bridgehead atoms. The maximum Gasteiger partial charge on any atom is 0.447 e. The van der Waals surface area contributed by atoms with Crippen molar-refractivity contribution in [2.75, 3.05) is 0 Å². The molecule has 0 saturated heterocycles. The molecule has 1 aliphatic rings. The zero-order valence-corrected chi connectivity index (χ0v) is 7.05. The summed E-state index contributed by atoms with van der Waals surface area (Å²) in [7, 11) is 0. The number of alkyl halides is 3. The summed E-state index contributed by atoms with van der Waals surface area (Å²) < 4.78 is 40.0. The van der Waals surface area contributed by atoms with Gasteiger partial charge in [-0.05, 0) is 0 Å². The highest BCUT2D eigenvalue weighted by Gasteiger charge is 2.47. The highest BCUT2D eigenvalue weighted by Crippen LogP contribution is 2.28. The standard InChI is InChI=1S/C7H8F3NO2/c1-3(2)4-5(12)13-6(11-4)7(8,9)10/h3,6H,1-2H3/t6-/m0/s1. The van der Waals surface area contributed by atoms with Crippen molar-refractivity contribution in [3.8, 4) is 0 Å². The van der Waals surface area contributed by atoms with Crippen LogP contribution in [0, 0.1) is 5.92 Å². The second-order valence-corrected chi connectivity index (χ2v) is 2.97. The van der Waals surface area contributed by atoms with E-state index in [-0.39, 0.29) is 11.6 Å². The first-order valence-corrected chi connectivity index (χ1v) is 3.67. The van der Waals surface area contributed by atoms with Crippen LogP contribution in [-0.2, 0) is 9.53 Å². The maximum absolute atomic E-state index is 12.0. The quantitative estimate of drug-likeness (QED) is 0.595. The number of carbonyl (C=O) groups is 1. The molecule has 1 heterocycles. The molecule has 0 aliphatic carbocycles. The third-order valence-electron chi connectivity index (χ3n) is 1.51. The number of hydrogen-bond acceptors (Lipinski definition) is 3. The van der Waals surface area contributed by atoms with Crippen LogP contribution in [0.25, 0.3) is 0 Å². The molecule has 0 fully saturated rings. The predicted molar refractivity (Wildman–Crippen MR) is 38.2 cm³/mol. The molecule has 6 heteroatoms. The number of halogens is 3. The van der Waals surface area contributed by atoms with E-state index < -0.39 is 18.4 Å². The molecule has 74 valence electrons. The van der Waals surface area contributed by atoms with E-state index in [1.54, 1.807) is 13.8 Å². The van der Waals surface area contributed by atoms with Crippen LogP contribution < -0.4 is 0 Å². The monoisotopic (exact) mass is 195 g/mol. The van der Waals surface area contributed by atoms with E-state index in [0.717, 1.165) is 0 Å². The first kappa shape index (κ1) is 10.0. The van der Waals surface area contributed by atoms with Gasteiger partial charge in [-0.15, -0.1) is 0 Å². The molecular weight excluding hydrogens is 187 g/mol. The summed E-state index contributed by atoms with van der Waals surface area (Å²) in [6, 6.07) is 0. The van der Waals surface area contributed by atoms with Crippen molar-refractivity contribution < 1.29 is 22.7 Å². The number of hydrogen-bond donors (Lipinski definition) is 0. The molecule has 1 aliphatic heterocycles. The average molecular weight is 195 g/mol. The van der Waals surface area contributed by atoms with E-state index in [9.17, 15) is 18.0 Å². The maximum atomic E-state index is 12.0. The second-order valence-electron chi connectivity index (χ2n) is 2.97. The molecule has 0 radical (unpaired) electrons. The molecule has 0 aromatic carbocycles. The van der Waals surface area contributed by atoms with Crippen molar-refractivity contribution in [3.63, 3.8) is 0 Å². The summed E-state index contributed by atoms with van der Waals surface area (Å²) in [5.41, 5.74) is -0.151. The van der Waals surface area contributed by atoms with Crippen LogP contribution in [0.2, 0.25) is 0 Å². The van der Waals surface area contributed by atoms with E-state index in [2.05, 4.69) is 9.73 Å². The lowest BCUT2D eigenvalue weighted by Gasteiger charge is -2.09. The van der Waals surface area contributed by atoms with Gasteiger partial charge in [0.15, 0.2) is 0 Å². The normalized spacial score (nSPS) is 23.4. The highest BCUT2D eigenvalue weighted by molar-refractivity contribution is 6.38. The molecule has 0 unspecified atom stereocenters. The predicted octanol–water partition coefficient (Wildman–Crippen LogP) is 1.53. The van der Waals surface area contributed by atoms with Crippen molar-refractivity contribution in [2.24, 2.45) is 10.9 Å². The zero-order valence-electron chi connectivity index (χ0n) is 7.05. The Bertz CT molecular complexity index is 257. The van der Waals surface area contributed by atoms with Gasteiger partial charge in [-0.3, -0.25) is 0 Å². The Morgan fingerprint density at radius 3 is 2.23 bits per heavy atom. The SMILES string of the molecule is CC(C)C1=N[C@H](C(F)(F)F)OC1=O. The zero-order chi connectivity index (χ0) is 10.2. The van der Waals surface area contributed by atoms with E-state index in [1.165, 1.54) is 0 Å². The molecule has 3 nitrogen and oxygen atoms in total. The molecule has 1 atom stereocenters. The topological polar surface area (TPSA) is 38.7 Å². The lowest BCUT2D eigenvalue weighted by Crippen LogP contribution is -2.27. The summed E-state index contributed by atoms with van der Waals surface area (Å²) in [5, 5.41) is 0. The lowest BCUT2D eigenvalue weighted by molar-refractivity contribution is -0.210. The Morgan fingerprint density at radius 2 is 2.00 bits per heavy atom. The third kappa shape index (κ3) is 1.99. The van der Waals surface area contributed by atoms with Gasteiger partial charge in [0.05, 0.1) is 0 Å². The number of aliphatic imine (C=N–C) groups is 1. The van der Waals surface area contributed by atoms with Gasteiger partial charge < -0.3 is 4.74 Å². The fourth-order valence-corrected chi connectivity index (χ4v) is 0.892. The third-order valence-corrected chi connectivity index (χ3v) is 1.51. The largest absolute Gasteiger partial charge is 0.447 e. The number of carbonyl (C=O) groups excluding carboxylic acids is 1. The minimum absolute atomic E-state index is 0.151. The Labute approximate surface area is 72.6 Å². The van der Waals surface area contributed by atoms with Crippen LogP contribution in [0.3, 0.4) is 0 Å². The van der Waals surface area contributed by atoms with Gasteiger partial charge in [-0.1, -0.05) is 13.8 Å². The van der Waals surface area contributed by atoms with Crippen LogP contribution in [-0.4, -0.2) is 24.1 Å². The summed E-state index contributed by atoms with van der Waals surface area (Å²) in [4.78, 5) is 14.0. The molecule has 0 spiro atoms. The van der Waals surface area contributed by atoms with Crippen LogP contribution in [0.15, 0.2) is 4.99 Å². The molecule has 0 N–H and O–H groups in total. The smallest absolute Gasteiger partial charge is 0.425 e. The molecule has 0 aromatic rings. The number of cyclic esters (lactones) is 1. The van der Waals surface area contributed by atoms with E-state index in [1.807, 2.05) is 0 Å². The molecule has 1 rings (SSSR count). The molecule has 0 amide bonds. The highest BCUT2D eigenvalue weighted by atomic mass is 19.4. The van der Waals surface area contributed by atoms with Crippen molar-refractivity contribution in [1.29, 1.82) is 0 Å². The molecule has 0 saturated carbocycles. The summed E-state index contributed by atoms with van der Waals surface area (Å²) in [6.07, 6.45) is -6.91. The molecular formula is C7H8F3NO2. The van der Waals surface area contributed by atoms with Gasteiger partial charge in [0, 0.05) is 5.92 Å². The van der Waals surface area contributed by atoms with E-state index in [4.69, 9.17) is 0 Å². The minimum Gasteiger partial charge on any atom is -0.425 e. The Morgan fingerprint density at radius 1 is 1.46 bits per heavy atom. The van der Waals surface area contributed by atoms with Crippen LogP contribution >= 0.6 is 0 Å². The second kappa shape index (κ2) is 3.01. The Hall–Kier alpha value is -1.07. The van der Waals surface area contributed by atoms with E-state index in [0.29, 0.717) is 0 Å². The van der Waals surface area contributed by atoms with Crippen molar-refractivity contribution in [2.45, 2.75) is 26.3 Å². The first-order valence-electron chi connectivity index (χ1n) is 3.67. The van der Waals surface area contributed by atoms with Crippen molar-refractivity contribution in [1.82, 2.24) is 0 Å². The van der Waals surface area contributed by atoms with Crippen LogP contribution in [0.5, 0.6) is 0 Å². The summed E-state index contributed by atoms with van der Waals surface area (Å²) in [5.74, 6) is -1.32. The van der Waals surface area contributed by atoms with Crippen molar-refractivity contribution >= 4 is 11.7 Å². The minimum atomic E-state index is -4.60. The van der Waals surface area contributed by atoms with E-state index >= 15 is 0 Å². The number of nitrogens with zero attached hydrogens (tertiary/aromatic N) is 1. The van der Waals surface area contributed by atoms with Gasteiger partial charge in [0.25, 0.3) is 6.23 Å². The van der Waals surface area contributed by atoms with Crippen LogP contribution in [0.4, 0.5) is 13.2 Å². The molecule has 13 heavy (non-hydrogen) atoms. The first-order chi connectivity index (χ1) is 5.82. The summed E-state index contributed by atoms with van der Waals surface area (Å²) in [6.45, 7) is 3.16. The van der Waals surface area contributed by atoms with Gasteiger partial charge >= 0.3 is 12.1 Å². The average Bonchev–Trinajstić information content (AvgIpc) is 2.29. The Balaban J connectivity index is 2.84. The van der Waals surface area contributed by atoms with Gasteiger partial charge in [0.2, 0.25) is 0 Å². The van der Waals surface area contributed by atoms with Crippen molar-refractivity contribution in [3.05, 3.63) is 0 Å². The fraction of sp³-hybridized carbons (Fsp3) is 0.714. The Kier molecular flexibility index (Phi) is 2.32. The summed E-state index contributed by atoms with van der Waals surface area (Å²) >= 11 is 0. The number of esters is 1. The van der Waals surface area contributed by atoms with Gasteiger partial charge in [-0.2, -0.15) is 13.2 Å². The van der Waals surface area contributed by atoms with Crippen LogP contribution in [0.1, 0.15) is 13.8 Å². The van der Waals surface area contributed by atoms with Gasteiger partial charge in [-0.25, -0.2) is 9.79 Å².